The Balaban J connectivity index is 1.84. The Morgan fingerprint density at radius 3 is 2.84 bits per heavy atom. The first-order valence-corrected chi connectivity index (χ1v) is 6.09. The van der Waals surface area contributed by atoms with Gasteiger partial charge in [-0.3, -0.25) is 0 Å². The molecule has 0 radical (unpaired) electrons. The number of cyclic esters (lactones) is 1. The van der Waals surface area contributed by atoms with Crippen LogP contribution in [0.3, 0.4) is 0 Å². The molecule has 6 nitrogen and oxygen atoms in total. The average Bonchev–Trinajstić information content (AvgIpc) is 2.75. The second-order valence-electron chi connectivity index (χ2n) is 4.47. The zero-order chi connectivity index (χ0) is 13.7. The normalized spacial score (nSPS) is 18.9. The van der Waals surface area contributed by atoms with Crippen molar-refractivity contribution in [3.05, 3.63) is 47.8 Å². The molecule has 19 heavy (non-hydrogen) atoms. The van der Waals surface area contributed by atoms with Crippen LogP contribution in [-0.4, -0.2) is 23.8 Å². The fraction of sp³-hybridized carbons (Fsp3) is 0.308. The van der Waals surface area contributed by atoms with E-state index in [1.807, 2.05) is 30.3 Å². The van der Waals surface area contributed by atoms with Crippen LogP contribution in [0.4, 0.5) is 4.79 Å². The summed E-state index contributed by atoms with van der Waals surface area (Å²) < 4.78 is 5.00. The highest BCUT2D eigenvalue weighted by Crippen LogP contribution is 2.09. The van der Waals surface area contributed by atoms with Crippen LogP contribution in [0.25, 0.3) is 0 Å². The summed E-state index contributed by atoms with van der Waals surface area (Å²) in [6.45, 7) is 1.06. The topological polar surface area (TPSA) is 93.6 Å². The lowest BCUT2D eigenvalue weighted by molar-refractivity contribution is 0.140. The Kier molecular flexibility index (Phi) is 4.25. The smallest absolute Gasteiger partial charge is 0.407 e. The minimum absolute atomic E-state index is 0.214. The Labute approximate surface area is 112 Å². The number of nitrogens with two attached hydrogens (primary N) is 2. The van der Waals surface area contributed by atoms with Gasteiger partial charge in [0.1, 0.15) is 6.10 Å². The molecular formula is C13H18N4O2. The fourth-order valence-corrected chi connectivity index (χ4v) is 1.91. The van der Waals surface area contributed by atoms with Crippen LogP contribution < -0.4 is 16.9 Å². The minimum atomic E-state index is -0.397. The van der Waals surface area contributed by atoms with Gasteiger partial charge in [0, 0.05) is 18.3 Å². The molecule has 1 aliphatic rings. The standard InChI is InChI=1S/C13H18N4O2/c14-11(6-12-7-16-13(18)19-12)9-17(15)8-10-4-2-1-3-5-10/h1-5,9,12H,6-8,14-15H2,(H,16,18)/b11-9-. The number of hydrogen-bond donors (Lipinski definition) is 3. The maximum atomic E-state index is 10.9. The predicted molar refractivity (Wildman–Crippen MR) is 71.3 cm³/mol. The molecule has 0 aliphatic carbocycles. The first-order chi connectivity index (χ1) is 9.13. The second-order valence-corrected chi connectivity index (χ2v) is 4.47. The Hall–Kier alpha value is -2.21. The molecule has 1 aromatic carbocycles. The maximum Gasteiger partial charge on any atom is 0.407 e. The second kappa shape index (κ2) is 6.10. The van der Waals surface area contributed by atoms with Gasteiger partial charge in [-0.05, 0) is 5.56 Å². The third-order valence-corrected chi connectivity index (χ3v) is 2.75. The minimum Gasteiger partial charge on any atom is -0.444 e. The van der Waals surface area contributed by atoms with Crippen molar-refractivity contribution in [2.45, 2.75) is 19.1 Å². The largest absolute Gasteiger partial charge is 0.444 e. The quantitative estimate of drug-likeness (QED) is 0.535. The number of benzene rings is 1. The molecule has 102 valence electrons. The van der Waals surface area contributed by atoms with Gasteiger partial charge in [0.05, 0.1) is 13.1 Å². The lowest BCUT2D eigenvalue weighted by atomic mass is 10.2. The van der Waals surface area contributed by atoms with Crippen molar-refractivity contribution in [2.75, 3.05) is 6.54 Å². The van der Waals surface area contributed by atoms with Crippen LogP contribution in [0, 0.1) is 0 Å². The van der Waals surface area contributed by atoms with Crippen molar-refractivity contribution in [1.29, 1.82) is 0 Å². The highest BCUT2D eigenvalue weighted by molar-refractivity contribution is 5.69. The highest BCUT2D eigenvalue weighted by atomic mass is 16.6. The number of ether oxygens (including phenoxy) is 1. The Bertz CT molecular complexity index is 461. The first-order valence-electron chi connectivity index (χ1n) is 6.09. The van der Waals surface area contributed by atoms with Gasteiger partial charge in [-0.1, -0.05) is 30.3 Å². The number of hydrogen-bond acceptors (Lipinski definition) is 5. The molecule has 1 amide bonds. The van der Waals surface area contributed by atoms with Crippen LogP contribution in [0.5, 0.6) is 0 Å². The predicted octanol–water partition coefficient (Wildman–Crippen LogP) is 0.661. The molecule has 0 saturated carbocycles. The number of nitrogens with zero attached hydrogens (tertiary/aromatic N) is 1. The number of carbonyl (C=O) groups is 1. The van der Waals surface area contributed by atoms with E-state index < -0.39 is 6.09 Å². The Morgan fingerprint density at radius 1 is 1.47 bits per heavy atom. The molecule has 1 unspecified atom stereocenters. The van der Waals surface area contributed by atoms with E-state index >= 15 is 0 Å². The Morgan fingerprint density at radius 2 is 2.21 bits per heavy atom. The van der Waals surface area contributed by atoms with Crippen LogP contribution >= 0.6 is 0 Å². The molecular weight excluding hydrogens is 244 g/mol. The molecule has 2 rings (SSSR count). The summed E-state index contributed by atoms with van der Waals surface area (Å²) >= 11 is 0. The van der Waals surface area contributed by atoms with E-state index in [0.717, 1.165) is 5.56 Å². The third kappa shape index (κ3) is 4.18. The van der Waals surface area contributed by atoms with E-state index in [2.05, 4.69) is 5.32 Å². The van der Waals surface area contributed by atoms with Gasteiger partial charge in [0.25, 0.3) is 0 Å². The number of carbonyl (C=O) groups excluding carboxylic acids is 1. The van der Waals surface area contributed by atoms with Crippen molar-refractivity contribution in [3.63, 3.8) is 0 Å². The number of rotatable bonds is 5. The van der Waals surface area contributed by atoms with E-state index in [4.69, 9.17) is 16.3 Å². The van der Waals surface area contributed by atoms with Crippen molar-refractivity contribution >= 4 is 6.09 Å². The molecule has 0 bridgehead atoms. The molecule has 5 N–H and O–H groups in total. The van der Waals surface area contributed by atoms with Crippen molar-refractivity contribution in [1.82, 2.24) is 10.3 Å². The summed E-state index contributed by atoms with van der Waals surface area (Å²) in [6, 6.07) is 9.86. The number of nitrogens with one attached hydrogen (secondary N) is 1. The third-order valence-electron chi connectivity index (χ3n) is 2.75. The zero-order valence-corrected chi connectivity index (χ0v) is 10.6. The van der Waals surface area contributed by atoms with Gasteiger partial charge in [-0.15, -0.1) is 0 Å². The summed E-state index contributed by atoms with van der Waals surface area (Å²) in [6.07, 6.45) is 1.53. The van der Waals surface area contributed by atoms with E-state index in [-0.39, 0.29) is 6.10 Å². The molecule has 6 heteroatoms. The highest BCUT2D eigenvalue weighted by Gasteiger charge is 2.22. The van der Waals surface area contributed by atoms with E-state index in [0.29, 0.717) is 25.2 Å². The van der Waals surface area contributed by atoms with Crippen molar-refractivity contribution in [3.8, 4) is 0 Å². The number of alkyl carbamates (subject to hydrolysis) is 1. The van der Waals surface area contributed by atoms with E-state index in [9.17, 15) is 4.79 Å². The summed E-state index contributed by atoms with van der Waals surface area (Å²) in [7, 11) is 0. The van der Waals surface area contributed by atoms with E-state index in [1.165, 1.54) is 5.01 Å². The molecule has 1 aromatic rings. The van der Waals surface area contributed by atoms with Crippen LogP contribution in [0.1, 0.15) is 12.0 Å². The summed E-state index contributed by atoms with van der Waals surface area (Å²) in [5.74, 6) is 5.86. The van der Waals surface area contributed by atoms with Gasteiger partial charge in [0.2, 0.25) is 0 Å². The van der Waals surface area contributed by atoms with Crippen LogP contribution in [0.15, 0.2) is 42.2 Å². The van der Waals surface area contributed by atoms with E-state index in [1.54, 1.807) is 6.20 Å². The van der Waals surface area contributed by atoms with Crippen LogP contribution in [0.2, 0.25) is 0 Å². The molecule has 0 spiro atoms. The molecule has 1 saturated heterocycles. The fourth-order valence-electron chi connectivity index (χ4n) is 1.91. The lowest BCUT2D eigenvalue weighted by Crippen LogP contribution is -2.27. The molecule has 1 aliphatic heterocycles. The lowest BCUT2D eigenvalue weighted by Gasteiger charge is -2.16. The summed E-state index contributed by atoms with van der Waals surface area (Å²) in [5, 5.41) is 4.10. The summed E-state index contributed by atoms with van der Waals surface area (Å²) in [4.78, 5) is 10.9. The molecule has 1 fully saturated rings. The number of amides is 1. The SMILES string of the molecule is N/C(=C\N(N)Cc1ccccc1)CC1CNC(=O)O1. The van der Waals surface area contributed by atoms with Gasteiger partial charge in [-0.25, -0.2) is 10.6 Å². The van der Waals surface area contributed by atoms with Gasteiger partial charge < -0.3 is 20.8 Å². The van der Waals surface area contributed by atoms with Gasteiger partial charge in [-0.2, -0.15) is 0 Å². The van der Waals surface area contributed by atoms with Gasteiger partial charge in [0.15, 0.2) is 0 Å². The maximum absolute atomic E-state index is 10.9. The molecule has 1 atom stereocenters. The van der Waals surface area contributed by atoms with Gasteiger partial charge >= 0.3 is 6.09 Å². The molecule has 0 aromatic heterocycles. The van der Waals surface area contributed by atoms with Crippen LogP contribution in [-0.2, 0) is 11.3 Å². The van der Waals surface area contributed by atoms with Crippen molar-refractivity contribution < 1.29 is 9.53 Å². The average molecular weight is 262 g/mol. The van der Waals surface area contributed by atoms with Crippen molar-refractivity contribution in [2.24, 2.45) is 11.6 Å². The monoisotopic (exact) mass is 262 g/mol. The zero-order valence-electron chi connectivity index (χ0n) is 10.6. The molecule has 1 heterocycles. The summed E-state index contributed by atoms with van der Waals surface area (Å²) in [5.41, 5.74) is 7.56. The number of hydrazine groups is 1. The first kappa shape index (κ1) is 13.2.